The molecule has 5 aromatic rings. The minimum Gasteiger partial charge on any atom is -0.372 e. The molecule has 0 spiro atoms. The second-order valence-electron chi connectivity index (χ2n) is 9.50. The summed E-state index contributed by atoms with van der Waals surface area (Å²) in [4.78, 5) is 4.55. The number of rotatable bonds is 9. The summed E-state index contributed by atoms with van der Waals surface area (Å²) in [5.74, 6) is 0. The molecule has 0 saturated heterocycles. The lowest BCUT2D eigenvalue weighted by Crippen LogP contribution is -2.28. The average Bonchev–Trinajstić information content (AvgIpc) is 3.02. The number of hydrogen-bond donors (Lipinski definition) is 0. The van der Waals surface area contributed by atoms with Gasteiger partial charge in [0.1, 0.15) is 5.41 Å². The van der Waals surface area contributed by atoms with E-state index in [0.29, 0.717) is 0 Å². The second-order valence-corrected chi connectivity index (χ2v) is 9.50. The summed E-state index contributed by atoms with van der Waals surface area (Å²) < 4.78 is 0. The Kier molecular flexibility index (Phi) is 7.75. The zero-order chi connectivity index (χ0) is 27.1. The molecular formula is C36H33N3. The number of nitrogens with zero attached hydrogens (tertiary/aromatic N) is 3. The number of para-hydroxylation sites is 2. The molecule has 0 heterocycles. The van der Waals surface area contributed by atoms with Crippen LogP contribution in [0.2, 0.25) is 0 Å². The highest BCUT2D eigenvalue weighted by atomic mass is 15.1. The Morgan fingerprint density at radius 1 is 0.487 bits per heavy atom. The standard InChI is InChI=1S/C36H33N3/c1-3-38(4-2)32-24-20-30(21-25-32)36(28-37,29-14-8-5-9-15-29)31-22-26-35(27-23-31)39(33-16-10-6-11-17-33)34-18-12-7-13-19-34/h5-27H,3-4H2,1-2H3. The van der Waals surface area contributed by atoms with E-state index in [9.17, 15) is 5.26 Å². The molecule has 0 bridgehead atoms. The Morgan fingerprint density at radius 3 is 1.26 bits per heavy atom. The summed E-state index contributed by atoms with van der Waals surface area (Å²) in [6.07, 6.45) is 0. The molecule has 0 radical (unpaired) electrons. The molecule has 0 aliphatic carbocycles. The van der Waals surface area contributed by atoms with Crippen LogP contribution in [0.3, 0.4) is 0 Å². The normalized spacial score (nSPS) is 12.2. The van der Waals surface area contributed by atoms with Crippen LogP contribution in [0.1, 0.15) is 30.5 Å². The van der Waals surface area contributed by atoms with E-state index >= 15 is 0 Å². The number of benzene rings is 5. The van der Waals surface area contributed by atoms with Gasteiger partial charge in [0.15, 0.2) is 0 Å². The van der Waals surface area contributed by atoms with E-state index in [1.54, 1.807) is 0 Å². The third-order valence-corrected chi connectivity index (χ3v) is 7.39. The van der Waals surface area contributed by atoms with Crippen LogP contribution in [0.4, 0.5) is 22.7 Å². The topological polar surface area (TPSA) is 30.3 Å². The highest BCUT2D eigenvalue weighted by Crippen LogP contribution is 2.41. The van der Waals surface area contributed by atoms with Crippen molar-refractivity contribution in [1.29, 1.82) is 5.26 Å². The molecule has 0 fully saturated rings. The summed E-state index contributed by atoms with van der Waals surface area (Å²) >= 11 is 0. The lowest BCUT2D eigenvalue weighted by atomic mass is 9.70. The minimum atomic E-state index is -0.939. The Bertz CT molecular complexity index is 1460. The van der Waals surface area contributed by atoms with Crippen molar-refractivity contribution >= 4 is 22.7 Å². The third kappa shape index (κ3) is 5.02. The molecule has 5 aromatic carbocycles. The second kappa shape index (κ2) is 11.7. The van der Waals surface area contributed by atoms with Crippen molar-refractivity contribution in [1.82, 2.24) is 0 Å². The minimum absolute atomic E-state index is 0.939. The molecule has 5 rings (SSSR count). The fourth-order valence-electron chi connectivity index (χ4n) is 5.35. The summed E-state index contributed by atoms with van der Waals surface area (Å²) in [6.45, 7) is 6.21. The van der Waals surface area contributed by atoms with Gasteiger partial charge >= 0.3 is 0 Å². The fraction of sp³-hybridized carbons (Fsp3) is 0.139. The van der Waals surface area contributed by atoms with Gasteiger partial charge in [-0.1, -0.05) is 91.0 Å². The molecule has 0 saturated carbocycles. The predicted molar refractivity (Wildman–Crippen MR) is 163 cm³/mol. The Hall–Kier alpha value is -4.81. The summed E-state index contributed by atoms with van der Waals surface area (Å²) in [5, 5.41) is 10.9. The maximum atomic E-state index is 10.9. The first-order valence-electron chi connectivity index (χ1n) is 13.5. The SMILES string of the molecule is CCN(CC)c1ccc(C(C#N)(c2ccccc2)c2ccc(N(c3ccccc3)c3ccccc3)cc2)cc1. The van der Waals surface area contributed by atoms with E-state index in [4.69, 9.17) is 0 Å². The molecule has 192 valence electrons. The van der Waals surface area contributed by atoms with Gasteiger partial charge in [-0.05, 0) is 79.1 Å². The lowest BCUT2D eigenvalue weighted by molar-refractivity contribution is 0.793. The van der Waals surface area contributed by atoms with E-state index in [-0.39, 0.29) is 0 Å². The number of hydrogen-bond acceptors (Lipinski definition) is 3. The molecule has 0 aliphatic rings. The first-order valence-corrected chi connectivity index (χ1v) is 13.5. The van der Waals surface area contributed by atoms with Crippen LogP contribution in [0.25, 0.3) is 0 Å². The number of nitriles is 1. The highest BCUT2D eigenvalue weighted by molar-refractivity contribution is 5.76. The van der Waals surface area contributed by atoms with Gasteiger partial charge in [0.25, 0.3) is 0 Å². The van der Waals surface area contributed by atoms with Crippen LogP contribution < -0.4 is 9.80 Å². The monoisotopic (exact) mass is 507 g/mol. The first-order chi connectivity index (χ1) is 19.2. The van der Waals surface area contributed by atoms with Gasteiger partial charge < -0.3 is 9.80 Å². The molecule has 1 unspecified atom stereocenters. The Labute approximate surface area is 232 Å². The van der Waals surface area contributed by atoms with E-state index in [1.165, 1.54) is 5.69 Å². The van der Waals surface area contributed by atoms with Crippen molar-refractivity contribution in [3.63, 3.8) is 0 Å². The Morgan fingerprint density at radius 2 is 0.846 bits per heavy atom. The van der Waals surface area contributed by atoms with Gasteiger partial charge in [-0.3, -0.25) is 0 Å². The molecule has 1 atom stereocenters. The van der Waals surface area contributed by atoms with E-state index < -0.39 is 5.41 Å². The first kappa shape index (κ1) is 25.8. The van der Waals surface area contributed by atoms with Crippen molar-refractivity contribution in [3.8, 4) is 6.07 Å². The van der Waals surface area contributed by atoms with Gasteiger partial charge in [0.05, 0.1) is 6.07 Å². The predicted octanol–water partition coefficient (Wildman–Crippen LogP) is 8.86. The zero-order valence-electron chi connectivity index (χ0n) is 22.5. The molecular weight excluding hydrogens is 474 g/mol. The van der Waals surface area contributed by atoms with Crippen LogP contribution in [-0.2, 0) is 5.41 Å². The maximum absolute atomic E-state index is 10.9. The van der Waals surface area contributed by atoms with Crippen molar-refractivity contribution in [2.45, 2.75) is 19.3 Å². The van der Waals surface area contributed by atoms with E-state index in [0.717, 1.165) is 46.8 Å². The molecule has 39 heavy (non-hydrogen) atoms. The maximum Gasteiger partial charge on any atom is 0.132 e. The van der Waals surface area contributed by atoms with Crippen LogP contribution in [-0.4, -0.2) is 13.1 Å². The molecule has 0 N–H and O–H groups in total. The fourth-order valence-corrected chi connectivity index (χ4v) is 5.35. The molecule has 3 heteroatoms. The summed E-state index contributed by atoms with van der Waals surface area (Å²) in [7, 11) is 0. The van der Waals surface area contributed by atoms with Crippen LogP contribution in [0.5, 0.6) is 0 Å². The largest absolute Gasteiger partial charge is 0.372 e. The van der Waals surface area contributed by atoms with Gasteiger partial charge in [0.2, 0.25) is 0 Å². The van der Waals surface area contributed by atoms with Gasteiger partial charge in [0, 0.05) is 35.8 Å². The average molecular weight is 508 g/mol. The molecule has 0 amide bonds. The molecule has 0 aliphatic heterocycles. The van der Waals surface area contributed by atoms with Crippen LogP contribution in [0.15, 0.2) is 140 Å². The zero-order valence-corrected chi connectivity index (χ0v) is 22.5. The quantitative estimate of drug-likeness (QED) is 0.187. The highest BCUT2D eigenvalue weighted by Gasteiger charge is 2.37. The lowest BCUT2D eigenvalue weighted by Gasteiger charge is -2.31. The van der Waals surface area contributed by atoms with Crippen LogP contribution in [0, 0.1) is 11.3 Å². The van der Waals surface area contributed by atoms with E-state index in [2.05, 4.69) is 139 Å². The van der Waals surface area contributed by atoms with Crippen molar-refractivity contribution in [3.05, 3.63) is 156 Å². The molecule has 3 nitrogen and oxygen atoms in total. The van der Waals surface area contributed by atoms with Gasteiger partial charge in [-0.25, -0.2) is 0 Å². The van der Waals surface area contributed by atoms with Gasteiger partial charge in [-0.2, -0.15) is 5.26 Å². The van der Waals surface area contributed by atoms with Crippen molar-refractivity contribution in [2.75, 3.05) is 22.9 Å². The van der Waals surface area contributed by atoms with Crippen LogP contribution >= 0.6 is 0 Å². The smallest absolute Gasteiger partial charge is 0.132 e. The number of anilines is 4. The Balaban J connectivity index is 1.62. The third-order valence-electron chi connectivity index (χ3n) is 7.39. The van der Waals surface area contributed by atoms with Gasteiger partial charge in [-0.15, -0.1) is 0 Å². The summed E-state index contributed by atoms with van der Waals surface area (Å²) in [6, 6.07) is 50.5. The van der Waals surface area contributed by atoms with Crippen molar-refractivity contribution in [2.24, 2.45) is 0 Å². The van der Waals surface area contributed by atoms with E-state index in [1.807, 2.05) is 30.3 Å². The van der Waals surface area contributed by atoms with Crippen molar-refractivity contribution < 1.29 is 0 Å². The summed E-state index contributed by atoms with van der Waals surface area (Å²) in [5.41, 5.74) is 6.29. The molecule has 0 aromatic heterocycles.